The summed E-state index contributed by atoms with van der Waals surface area (Å²) in [6.45, 7) is 3.73. The fourth-order valence-corrected chi connectivity index (χ4v) is 3.95. The van der Waals surface area contributed by atoms with Gasteiger partial charge in [-0.2, -0.15) is 5.10 Å². The Morgan fingerprint density at radius 3 is 2.19 bits per heavy atom. The van der Waals surface area contributed by atoms with Gasteiger partial charge in [-0.15, -0.1) is 0 Å². The van der Waals surface area contributed by atoms with E-state index in [4.69, 9.17) is 14.4 Å². The molecule has 0 saturated heterocycles. The number of aromatic nitrogens is 3. The monoisotopic (exact) mass is 475 g/mol. The van der Waals surface area contributed by atoms with Gasteiger partial charge in [-0.3, -0.25) is 0 Å². The molecule has 2 aromatic heterocycles. The number of nitrogens with zero attached hydrogens (tertiary/aromatic N) is 3. The van der Waals surface area contributed by atoms with Crippen molar-refractivity contribution in [1.82, 2.24) is 14.9 Å². The summed E-state index contributed by atoms with van der Waals surface area (Å²) in [6, 6.07) is 28.4. The molecule has 0 N–H and O–H groups in total. The van der Waals surface area contributed by atoms with Gasteiger partial charge in [0.15, 0.2) is 0 Å². The predicted molar refractivity (Wildman–Crippen MR) is 139 cm³/mol. The second-order valence-electron chi connectivity index (χ2n) is 8.40. The molecule has 0 aliphatic carbocycles. The van der Waals surface area contributed by atoms with E-state index >= 15 is 0 Å². The summed E-state index contributed by atoms with van der Waals surface area (Å²) in [7, 11) is 0. The van der Waals surface area contributed by atoms with Crippen molar-refractivity contribution in [3.05, 3.63) is 120 Å². The fraction of sp³-hybridized carbons (Fsp3) is 0.100. The SMILES string of the molecule is Cc1noc(C)c1COC(=O)C=Cc1cn(-c2ccccc2)nc1-c1ccc(-c2ccccc2)cc1. The van der Waals surface area contributed by atoms with Crippen molar-refractivity contribution >= 4 is 12.0 Å². The Hall–Kier alpha value is -4.71. The van der Waals surface area contributed by atoms with Gasteiger partial charge in [0.1, 0.15) is 12.4 Å². The van der Waals surface area contributed by atoms with Crippen LogP contribution in [0, 0.1) is 13.8 Å². The molecule has 0 unspecified atom stereocenters. The fourth-order valence-electron chi connectivity index (χ4n) is 3.95. The van der Waals surface area contributed by atoms with Crippen LogP contribution in [0.3, 0.4) is 0 Å². The lowest BCUT2D eigenvalue weighted by molar-refractivity contribution is -0.138. The molecule has 6 nitrogen and oxygen atoms in total. The van der Waals surface area contributed by atoms with Gasteiger partial charge in [0, 0.05) is 23.4 Å². The van der Waals surface area contributed by atoms with E-state index in [0.29, 0.717) is 5.76 Å². The number of esters is 1. The van der Waals surface area contributed by atoms with Gasteiger partial charge in [0.2, 0.25) is 0 Å². The van der Waals surface area contributed by atoms with Crippen molar-refractivity contribution in [2.45, 2.75) is 20.5 Å². The van der Waals surface area contributed by atoms with E-state index in [9.17, 15) is 4.79 Å². The Morgan fingerprint density at radius 1 is 0.889 bits per heavy atom. The van der Waals surface area contributed by atoms with E-state index in [-0.39, 0.29) is 6.61 Å². The number of hydrogen-bond acceptors (Lipinski definition) is 5. The lowest BCUT2D eigenvalue weighted by atomic mass is 10.0. The Balaban J connectivity index is 1.42. The summed E-state index contributed by atoms with van der Waals surface area (Å²) >= 11 is 0. The van der Waals surface area contributed by atoms with Crippen molar-refractivity contribution in [1.29, 1.82) is 0 Å². The van der Waals surface area contributed by atoms with Crippen LogP contribution >= 0.6 is 0 Å². The third kappa shape index (κ3) is 5.03. The second kappa shape index (κ2) is 10.3. The molecular formula is C30H25N3O3. The molecule has 0 saturated carbocycles. The van der Waals surface area contributed by atoms with Crippen LogP contribution in [0.1, 0.15) is 22.6 Å². The topological polar surface area (TPSA) is 70.2 Å². The van der Waals surface area contributed by atoms with Gasteiger partial charge in [0.25, 0.3) is 0 Å². The molecule has 5 rings (SSSR count). The van der Waals surface area contributed by atoms with Gasteiger partial charge < -0.3 is 9.26 Å². The van der Waals surface area contributed by atoms with Crippen LogP contribution in [0.15, 0.2) is 102 Å². The summed E-state index contributed by atoms with van der Waals surface area (Å²) in [5.41, 5.74) is 7.24. The van der Waals surface area contributed by atoms with Crippen molar-refractivity contribution in [2.24, 2.45) is 0 Å². The predicted octanol–water partition coefficient (Wildman–Crippen LogP) is 6.57. The molecule has 0 aliphatic heterocycles. The largest absolute Gasteiger partial charge is 0.457 e. The first-order valence-corrected chi connectivity index (χ1v) is 11.7. The van der Waals surface area contributed by atoms with Crippen molar-refractivity contribution in [3.63, 3.8) is 0 Å². The summed E-state index contributed by atoms with van der Waals surface area (Å²) in [5, 5.41) is 8.73. The number of hydrogen-bond donors (Lipinski definition) is 0. The zero-order valence-electron chi connectivity index (χ0n) is 20.1. The molecule has 0 aliphatic rings. The molecule has 0 fully saturated rings. The van der Waals surface area contributed by atoms with Crippen molar-refractivity contribution < 1.29 is 14.1 Å². The number of ether oxygens (including phenoxy) is 1. The highest BCUT2D eigenvalue weighted by molar-refractivity contribution is 5.89. The highest BCUT2D eigenvalue weighted by Gasteiger charge is 2.13. The molecule has 3 aromatic carbocycles. The van der Waals surface area contributed by atoms with E-state index in [2.05, 4.69) is 29.4 Å². The summed E-state index contributed by atoms with van der Waals surface area (Å²) < 4.78 is 12.4. The quantitative estimate of drug-likeness (QED) is 0.197. The summed E-state index contributed by atoms with van der Waals surface area (Å²) in [6.07, 6.45) is 5.07. The standard InChI is InChI=1S/C30H25N3O3/c1-21-28(22(2)36-32-21)20-35-29(34)18-17-26-19-33(27-11-7-4-8-12-27)31-30(26)25-15-13-24(14-16-25)23-9-5-3-6-10-23/h3-19H,20H2,1-2H3. The molecule has 6 heteroatoms. The van der Waals surface area contributed by atoms with E-state index in [1.54, 1.807) is 13.0 Å². The summed E-state index contributed by atoms with van der Waals surface area (Å²) in [4.78, 5) is 12.5. The van der Waals surface area contributed by atoms with Gasteiger partial charge in [-0.1, -0.05) is 78.0 Å². The first-order chi connectivity index (χ1) is 17.6. The second-order valence-corrected chi connectivity index (χ2v) is 8.40. The molecule has 0 spiro atoms. The maximum atomic E-state index is 12.5. The van der Waals surface area contributed by atoms with Crippen LogP contribution in [0.5, 0.6) is 0 Å². The lowest BCUT2D eigenvalue weighted by Gasteiger charge is -2.04. The molecule has 2 heterocycles. The smallest absolute Gasteiger partial charge is 0.331 e. The normalized spacial score (nSPS) is 11.2. The van der Waals surface area contributed by atoms with Gasteiger partial charge in [-0.25, -0.2) is 9.48 Å². The van der Waals surface area contributed by atoms with Crippen LogP contribution in [0.25, 0.3) is 34.1 Å². The minimum atomic E-state index is -0.451. The van der Waals surface area contributed by atoms with Gasteiger partial charge in [-0.05, 0) is 43.2 Å². The maximum Gasteiger partial charge on any atom is 0.331 e. The summed E-state index contributed by atoms with van der Waals surface area (Å²) in [5.74, 6) is 0.197. The number of carbonyl (C=O) groups excluding carboxylic acids is 1. The molecule has 0 bridgehead atoms. The molecule has 36 heavy (non-hydrogen) atoms. The molecule has 5 aromatic rings. The van der Waals surface area contributed by atoms with Gasteiger partial charge >= 0.3 is 5.97 Å². The van der Waals surface area contributed by atoms with Crippen LogP contribution in [0.2, 0.25) is 0 Å². The Kier molecular flexibility index (Phi) is 6.58. The molecule has 0 amide bonds. The minimum absolute atomic E-state index is 0.113. The van der Waals surface area contributed by atoms with Crippen molar-refractivity contribution in [3.8, 4) is 28.1 Å². The Morgan fingerprint density at radius 2 is 1.53 bits per heavy atom. The average molecular weight is 476 g/mol. The van der Waals surface area contributed by atoms with Crippen LogP contribution in [0.4, 0.5) is 0 Å². The number of rotatable bonds is 7. The third-order valence-corrected chi connectivity index (χ3v) is 5.97. The number of aryl methyl sites for hydroxylation is 2. The Labute approximate surface area is 209 Å². The maximum absolute atomic E-state index is 12.5. The van der Waals surface area contributed by atoms with Crippen LogP contribution < -0.4 is 0 Å². The number of carbonyl (C=O) groups is 1. The van der Waals surface area contributed by atoms with E-state index < -0.39 is 5.97 Å². The molecular weight excluding hydrogens is 450 g/mol. The Bertz CT molecular complexity index is 1480. The number of benzene rings is 3. The first kappa shape index (κ1) is 23.1. The van der Waals surface area contributed by atoms with E-state index in [1.165, 1.54) is 6.08 Å². The van der Waals surface area contributed by atoms with Crippen LogP contribution in [-0.4, -0.2) is 20.9 Å². The lowest BCUT2D eigenvalue weighted by Crippen LogP contribution is -2.02. The first-order valence-electron chi connectivity index (χ1n) is 11.7. The third-order valence-electron chi connectivity index (χ3n) is 5.97. The zero-order chi connectivity index (χ0) is 24.9. The van der Waals surface area contributed by atoms with E-state index in [0.717, 1.165) is 44.9 Å². The van der Waals surface area contributed by atoms with Crippen LogP contribution in [-0.2, 0) is 16.1 Å². The van der Waals surface area contributed by atoms with E-state index in [1.807, 2.05) is 78.5 Å². The van der Waals surface area contributed by atoms with Gasteiger partial charge in [0.05, 0.1) is 22.6 Å². The molecule has 178 valence electrons. The molecule has 0 radical (unpaired) electrons. The highest BCUT2D eigenvalue weighted by atomic mass is 16.5. The minimum Gasteiger partial charge on any atom is -0.457 e. The molecule has 0 atom stereocenters. The average Bonchev–Trinajstić information content (AvgIpc) is 3.50. The highest BCUT2D eigenvalue weighted by Crippen LogP contribution is 2.28. The van der Waals surface area contributed by atoms with Crippen molar-refractivity contribution in [2.75, 3.05) is 0 Å². The zero-order valence-corrected chi connectivity index (χ0v) is 20.1. The number of para-hydroxylation sites is 1.